The summed E-state index contributed by atoms with van der Waals surface area (Å²) >= 11 is 3.26. The lowest BCUT2D eigenvalue weighted by Crippen LogP contribution is -2.02. The average molecular weight is 319 g/mol. The van der Waals surface area contributed by atoms with E-state index in [2.05, 4.69) is 27.3 Å². The highest BCUT2D eigenvalue weighted by molar-refractivity contribution is 9.10. The molecule has 0 aromatic heterocycles. The van der Waals surface area contributed by atoms with Crippen molar-refractivity contribution in [2.45, 2.75) is 13.5 Å². The second kappa shape index (κ2) is 5.85. The largest absolute Gasteiger partial charge is 0.380 e. The molecule has 0 aliphatic rings. The van der Waals surface area contributed by atoms with Gasteiger partial charge >= 0.3 is 0 Å². The third kappa shape index (κ3) is 3.33. The average Bonchev–Trinajstić information content (AvgIpc) is 2.35. The molecule has 0 fully saturated rings. The molecule has 2 nitrogen and oxygen atoms in total. The lowest BCUT2D eigenvalue weighted by Gasteiger charge is -2.10. The first-order valence-electron chi connectivity index (χ1n) is 5.78. The van der Waals surface area contributed by atoms with Crippen LogP contribution in [0.15, 0.2) is 40.9 Å². The van der Waals surface area contributed by atoms with Gasteiger partial charge in [-0.2, -0.15) is 5.26 Å². The number of hydrogen-bond acceptors (Lipinski definition) is 2. The quantitative estimate of drug-likeness (QED) is 0.911. The zero-order valence-electron chi connectivity index (χ0n) is 10.4. The van der Waals surface area contributed by atoms with Crippen LogP contribution in [0.25, 0.3) is 0 Å². The summed E-state index contributed by atoms with van der Waals surface area (Å²) in [6, 6.07) is 12.5. The van der Waals surface area contributed by atoms with Gasteiger partial charge in [0, 0.05) is 11.0 Å². The van der Waals surface area contributed by atoms with Gasteiger partial charge in [0.1, 0.15) is 11.9 Å². The lowest BCUT2D eigenvalue weighted by molar-refractivity contribution is 0.625. The Kier molecular flexibility index (Phi) is 4.18. The summed E-state index contributed by atoms with van der Waals surface area (Å²) in [6.07, 6.45) is 0. The molecular formula is C15H12BrFN2. The molecule has 0 heterocycles. The first-order chi connectivity index (χ1) is 9.10. The Bertz CT molecular complexity index is 627. The molecule has 0 amide bonds. The van der Waals surface area contributed by atoms with E-state index in [1.165, 1.54) is 12.1 Å². The summed E-state index contributed by atoms with van der Waals surface area (Å²) in [5.74, 6) is -0.282. The van der Waals surface area contributed by atoms with E-state index in [-0.39, 0.29) is 5.82 Å². The van der Waals surface area contributed by atoms with Crippen LogP contribution in [0.4, 0.5) is 10.1 Å². The smallest absolute Gasteiger partial charge is 0.124 e. The molecule has 0 spiro atoms. The number of hydrogen-bond donors (Lipinski definition) is 1. The highest BCUT2D eigenvalue weighted by Crippen LogP contribution is 2.20. The van der Waals surface area contributed by atoms with Crippen molar-refractivity contribution in [1.29, 1.82) is 5.26 Å². The van der Waals surface area contributed by atoms with E-state index in [1.54, 1.807) is 0 Å². The van der Waals surface area contributed by atoms with Gasteiger partial charge in [0.2, 0.25) is 0 Å². The fourth-order valence-corrected chi connectivity index (χ4v) is 2.39. The predicted molar refractivity (Wildman–Crippen MR) is 77.3 cm³/mol. The van der Waals surface area contributed by atoms with Crippen molar-refractivity contribution < 1.29 is 4.39 Å². The van der Waals surface area contributed by atoms with Gasteiger partial charge in [-0.15, -0.1) is 0 Å². The van der Waals surface area contributed by atoms with Crippen molar-refractivity contribution in [3.63, 3.8) is 0 Å². The van der Waals surface area contributed by atoms with Crippen LogP contribution in [-0.4, -0.2) is 0 Å². The molecule has 0 saturated heterocycles. The third-order valence-electron chi connectivity index (χ3n) is 2.79. The van der Waals surface area contributed by atoms with Crippen molar-refractivity contribution in [2.24, 2.45) is 0 Å². The van der Waals surface area contributed by atoms with E-state index in [4.69, 9.17) is 5.26 Å². The molecule has 0 unspecified atom stereocenters. The van der Waals surface area contributed by atoms with Crippen LogP contribution >= 0.6 is 15.9 Å². The maximum absolute atomic E-state index is 13.3. The van der Waals surface area contributed by atoms with E-state index < -0.39 is 0 Å². The SMILES string of the molecule is Cc1cccc(NCc2cc(F)cc(Br)c2)c1C#N. The van der Waals surface area contributed by atoms with Gasteiger partial charge < -0.3 is 5.32 Å². The number of nitriles is 1. The van der Waals surface area contributed by atoms with Crippen LogP contribution in [0.5, 0.6) is 0 Å². The Morgan fingerprint density at radius 2 is 2.11 bits per heavy atom. The van der Waals surface area contributed by atoms with Gasteiger partial charge in [-0.3, -0.25) is 0 Å². The minimum absolute atomic E-state index is 0.282. The van der Waals surface area contributed by atoms with E-state index in [0.29, 0.717) is 16.6 Å². The van der Waals surface area contributed by atoms with Crippen LogP contribution in [0.1, 0.15) is 16.7 Å². The summed E-state index contributed by atoms with van der Waals surface area (Å²) < 4.78 is 14.0. The van der Waals surface area contributed by atoms with E-state index in [1.807, 2.05) is 31.2 Å². The van der Waals surface area contributed by atoms with Crippen LogP contribution in [-0.2, 0) is 6.54 Å². The Balaban J connectivity index is 2.19. The number of nitrogens with one attached hydrogen (secondary N) is 1. The number of halogens is 2. The summed E-state index contributed by atoms with van der Waals surface area (Å²) in [7, 11) is 0. The van der Waals surface area contributed by atoms with E-state index in [9.17, 15) is 4.39 Å². The minimum atomic E-state index is -0.282. The van der Waals surface area contributed by atoms with E-state index in [0.717, 1.165) is 16.8 Å². The molecule has 2 aromatic rings. The number of anilines is 1. The molecule has 0 bridgehead atoms. The highest BCUT2D eigenvalue weighted by Gasteiger charge is 2.05. The monoisotopic (exact) mass is 318 g/mol. The second-order valence-electron chi connectivity index (χ2n) is 4.24. The third-order valence-corrected chi connectivity index (χ3v) is 3.25. The first kappa shape index (κ1) is 13.6. The number of nitrogens with zero attached hydrogens (tertiary/aromatic N) is 1. The molecule has 2 rings (SSSR count). The molecule has 2 aromatic carbocycles. The Morgan fingerprint density at radius 1 is 1.32 bits per heavy atom. The summed E-state index contributed by atoms with van der Waals surface area (Å²) in [6.45, 7) is 2.36. The van der Waals surface area contributed by atoms with Crippen molar-refractivity contribution >= 4 is 21.6 Å². The molecule has 19 heavy (non-hydrogen) atoms. The predicted octanol–water partition coefficient (Wildman–Crippen LogP) is 4.38. The maximum Gasteiger partial charge on any atom is 0.124 e. The molecule has 0 radical (unpaired) electrons. The topological polar surface area (TPSA) is 35.8 Å². The highest BCUT2D eigenvalue weighted by atomic mass is 79.9. The lowest BCUT2D eigenvalue weighted by atomic mass is 10.1. The number of aryl methyl sites for hydroxylation is 1. The standard InChI is InChI=1S/C15H12BrFN2/c1-10-3-2-4-15(14(10)8-18)19-9-11-5-12(16)7-13(17)6-11/h2-7,19H,9H2,1H3. The van der Waals surface area contributed by atoms with Gasteiger partial charge in [0.25, 0.3) is 0 Å². The van der Waals surface area contributed by atoms with Crippen molar-refractivity contribution in [3.8, 4) is 6.07 Å². The van der Waals surface area contributed by atoms with Gasteiger partial charge in [-0.25, -0.2) is 4.39 Å². The minimum Gasteiger partial charge on any atom is -0.380 e. The van der Waals surface area contributed by atoms with Gasteiger partial charge in [0.05, 0.1) is 11.3 Å². The summed E-state index contributed by atoms with van der Waals surface area (Å²) in [5, 5.41) is 12.3. The molecule has 4 heteroatoms. The summed E-state index contributed by atoms with van der Waals surface area (Å²) in [5.41, 5.74) is 3.13. The van der Waals surface area contributed by atoms with Gasteiger partial charge in [0.15, 0.2) is 0 Å². The Morgan fingerprint density at radius 3 is 2.79 bits per heavy atom. The molecule has 0 aliphatic heterocycles. The van der Waals surface area contributed by atoms with Crippen LogP contribution in [0, 0.1) is 24.1 Å². The molecule has 1 N–H and O–H groups in total. The van der Waals surface area contributed by atoms with Crippen LogP contribution < -0.4 is 5.32 Å². The second-order valence-corrected chi connectivity index (χ2v) is 5.16. The van der Waals surface area contributed by atoms with Gasteiger partial charge in [-0.1, -0.05) is 28.1 Å². The normalized spacial score (nSPS) is 10.0. The fraction of sp³-hybridized carbons (Fsp3) is 0.133. The van der Waals surface area contributed by atoms with E-state index >= 15 is 0 Å². The van der Waals surface area contributed by atoms with Crippen LogP contribution in [0.2, 0.25) is 0 Å². The molecule has 96 valence electrons. The van der Waals surface area contributed by atoms with Crippen molar-refractivity contribution in [1.82, 2.24) is 0 Å². The zero-order valence-corrected chi connectivity index (χ0v) is 12.0. The summed E-state index contributed by atoms with van der Waals surface area (Å²) in [4.78, 5) is 0. The van der Waals surface area contributed by atoms with Crippen molar-refractivity contribution in [3.05, 3.63) is 63.4 Å². The first-order valence-corrected chi connectivity index (χ1v) is 6.58. The zero-order chi connectivity index (χ0) is 13.8. The van der Waals surface area contributed by atoms with Gasteiger partial charge in [-0.05, 0) is 42.3 Å². The van der Waals surface area contributed by atoms with Crippen molar-refractivity contribution in [2.75, 3.05) is 5.32 Å². The Hall–Kier alpha value is -1.86. The van der Waals surface area contributed by atoms with Crippen LogP contribution in [0.3, 0.4) is 0 Å². The number of rotatable bonds is 3. The number of benzene rings is 2. The molecule has 0 saturated carbocycles. The fourth-order valence-electron chi connectivity index (χ4n) is 1.87. The molecule has 0 aliphatic carbocycles. The molecular weight excluding hydrogens is 307 g/mol. The molecule has 0 atom stereocenters. The Labute approximate surface area is 120 Å². The maximum atomic E-state index is 13.3.